The van der Waals surface area contributed by atoms with Crippen LogP contribution in [0.2, 0.25) is 0 Å². The van der Waals surface area contributed by atoms with Crippen molar-refractivity contribution in [3.8, 4) is 11.3 Å². The van der Waals surface area contributed by atoms with Crippen LogP contribution in [0, 0.1) is 0 Å². The van der Waals surface area contributed by atoms with Crippen molar-refractivity contribution < 1.29 is 0 Å². The van der Waals surface area contributed by atoms with Gasteiger partial charge in [-0.2, -0.15) is 0 Å². The lowest BCUT2D eigenvalue weighted by Gasteiger charge is -2.36. The van der Waals surface area contributed by atoms with Gasteiger partial charge in [-0.25, -0.2) is 4.98 Å². The van der Waals surface area contributed by atoms with Gasteiger partial charge in [0.05, 0.1) is 16.5 Å². The van der Waals surface area contributed by atoms with E-state index < -0.39 is 0 Å². The summed E-state index contributed by atoms with van der Waals surface area (Å²) in [5, 5.41) is 3.07. The molecule has 0 bridgehead atoms. The van der Waals surface area contributed by atoms with Crippen molar-refractivity contribution in [1.29, 1.82) is 0 Å². The zero-order chi connectivity index (χ0) is 23.2. The monoisotopic (exact) mass is 514 g/mol. The van der Waals surface area contributed by atoms with Crippen LogP contribution in [-0.4, -0.2) is 10.7 Å². The van der Waals surface area contributed by atoms with Crippen molar-refractivity contribution in [2.24, 2.45) is 5.73 Å². The van der Waals surface area contributed by atoms with Crippen molar-refractivity contribution in [1.82, 2.24) is 4.98 Å². The van der Waals surface area contributed by atoms with E-state index in [-0.39, 0.29) is 23.2 Å². The smallest absolute Gasteiger partial charge is 0.111 e. The summed E-state index contributed by atoms with van der Waals surface area (Å²) in [5.41, 5.74) is 12.6. The number of aromatic nitrogens is 1. The van der Waals surface area contributed by atoms with Gasteiger partial charge in [0.1, 0.15) is 5.01 Å². The molecule has 1 aromatic heterocycles. The van der Waals surface area contributed by atoms with E-state index in [1.165, 1.54) is 16.7 Å². The highest BCUT2D eigenvalue weighted by atomic mass is 35.5. The summed E-state index contributed by atoms with van der Waals surface area (Å²) in [4.78, 5) is 4.88. The van der Waals surface area contributed by atoms with E-state index in [9.17, 15) is 0 Å². The summed E-state index contributed by atoms with van der Waals surface area (Å²) in [6.07, 6.45) is 0. The minimum absolute atomic E-state index is 0. The van der Waals surface area contributed by atoms with Gasteiger partial charge in [0, 0.05) is 16.7 Å². The molecule has 0 radical (unpaired) electrons. The Morgan fingerprint density at radius 1 is 0.686 bits per heavy atom. The number of benzene rings is 4. The lowest BCUT2D eigenvalue weighted by atomic mass is 9.84. The summed E-state index contributed by atoms with van der Waals surface area (Å²) >= 11 is 3.52. The van der Waals surface area contributed by atoms with Gasteiger partial charge < -0.3 is 5.73 Å². The van der Waals surface area contributed by atoms with E-state index in [1.54, 1.807) is 11.3 Å². The molecule has 0 unspecified atom stereocenters. The first kappa shape index (κ1) is 25.2. The first-order valence-corrected chi connectivity index (χ1v) is 13.2. The minimum atomic E-state index is -0.374. The van der Waals surface area contributed by atoms with Crippen molar-refractivity contribution in [2.45, 2.75) is 10.8 Å². The molecule has 0 amide bonds. The number of nitrogens with two attached hydrogens (primary N) is 1. The van der Waals surface area contributed by atoms with Crippen LogP contribution in [0.3, 0.4) is 0 Å². The Morgan fingerprint density at radius 3 is 1.57 bits per heavy atom. The fraction of sp³-hybridized carbons (Fsp3) is 0.100. The molecule has 0 spiro atoms. The van der Waals surface area contributed by atoms with Gasteiger partial charge in [-0.3, -0.25) is 0 Å². The second kappa shape index (κ2) is 11.7. The summed E-state index contributed by atoms with van der Waals surface area (Å²) < 4.78 is -0.374. The Labute approximate surface area is 221 Å². The van der Waals surface area contributed by atoms with Crippen molar-refractivity contribution in [3.63, 3.8) is 0 Å². The van der Waals surface area contributed by atoms with E-state index >= 15 is 0 Å². The van der Waals surface area contributed by atoms with E-state index in [0.29, 0.717) is 0 Å². The van der Waals surface area contributed by atoms with Crippen molar-refractivity contribution >= 4 is 35.5 Å². The molecule has 0 saturated carbocycles. The van der Waals surface area contributed by atoms with E-state index in [0.717, 1.165) is 22.0 Å². The molecular weight excluding hydrogens is 488 g/mol. The summed E-state index contributed by atoms with van der Waals surface area (Å²) in [6, 6.07) is 42.3. The molecule has 2 N–H and O–H groups in total. The van der Waals surface area contributed by atoms with Crippen LogP contribution in [0.1, 0.15) is 27.7 Å². The predicted molar refractivity (Wildman–Crippen MR) is 153 cm³/mol. The van der Waals surface area contributed by atoms with Crippen LogP contribution in [0.4, 0.5) is 0 Å². The molecule has 5 heteroatoms. The van der Waals surface area contributed by atoms with E-state index in [4.69, 9.17) is 10.7 Å². The third kappa shape index (κ3) is 5.36. The molecule has 5 aromatic rings. The van der Waals surface area contributed by atoms with Gasteiger partial charge in [0.2, 0.25) is 0 Å². The highest BCUT2D eigenvalue weighted by molar-refractivity contribution is 8.00. The third-order valence-corrected chi connectivity index (χ3v) is 8.57. The fourth-order valence-electron chi connectivity index (χ4n) is 4.25. The number of halogens is 1. The van der Waals surface area contributed by atoms with Gasteiger partial charge in [-0.1, -0.05) is 121 Å². The average molecular weight is 515 g/mol. The Bertz CT molecular complexity index is 1210. The number of hydrogen-bond acceptors (Lipinski definition) is 4. The van der Waals surface area contributed by atoms with Gasteiger partial charge in [0.25, 0.3) is 0 Å². The standard InChI is InChI=1S/C30H26N2S2.ClH/c31-27(29-32-28(22-33-29)23-13-5-1-6-14-23)21-34-30(24-15-7-2-8-16-24,25-17-9-3-10-18-25)26-19-11-4-12-20-26;/h1-20,22,27H,21,31H2;1H/t27-;/m0./s1. The Balaban J connectivity index is 0.00000289. The molecule has 5 rings (SSSR count). The van der Waals surface area contributed by atoms with Gasteiger partial charge in [-0.05, 0) is 16.7 Å². The zero-order valence-electron chi connectivity index (χ0n) is 19.2. The van der Waals surface area contributed by atoms with E-state index in [1.807, 2.05) is 30.0 Å². The number of rotatable bonds is 8. The molecule has 2 nitrogen and oxygen atoms in total. The molecule has 35 heavy (non-hydrogen) atoms. The van der Waals surface area contributed by atoms with Crippen LogP contribution in [0.15, 0.2) is 127 Å². The molecular formula is C30H27ClN2S2. The minimum Gasteiger partial charge on any atom is -0.321 e. The lowest BCUT2D eigenvalue weighted by molar-refractivity contribution is 0.807. The maximum Gasteiger partial charge on any atom is 0.111 e. The summed E-state index contributed by atoms with van der Waals surface area (Å²) in [7, 11) is 0. The number of hydrogen-bond donors (Lipinski definition) is 1. The topological polar surface area (TPSA) is 38.9 Å². The molecule has 0 aliphatic heterocycles. The SMILES string of the molecule is Cl.N[C@@H](CSC(c1ccccc1)(c1ccccc1)c1ccccc1)c1nc(-c2ccccc2)cs1. The lowest BCUT2D eigenvalue weighted by Crippen LogP contribution is -2.28. The highest BCUT2D eigenvalue weighted by Crippen LogP contribution is 2.49. The summed E-state index contributed by atoms with van der Waals surface area (Å²) in [6.45, 7) is 0. The molecule has 0 aliphatic rings. The number of nitrogens with zero attached hydrogens (tertiary/aromatic N) is 1. The first-order chi connectivity index (χ1) is 16.8. The third-order valence-electron chi connectivity index (χ3n) is 5.93. The predicted octanol–water partition coefficient (Wildman–Crippen LogP) is 7.96. The van der Waals surface area contributed by atoms with Crippen LogP contribution in [-0.2, 0) is 4.75 Å². The maximum absolute atomic E-state index is 6.75. The zero-order valence-corrected chi connectivity index (χ0v) is 21.6. The first-order valence-electron chi connectivity index (χ1n) is 11.3. The molecule has 176 valence electrons. The molecule has 0 fully saturated rings. The average Bonchev–Trinajstić information content (AvgIpc) is 3.42. The normalized spacial score (nSPS) is 12.0. The quantitative estimate of drug-likeness (QED) is 0.213. The van der Waals surface area contributed by atoms with Gasteiger partial charge >= 0.3 is 0 Å². The van der Waals surface area contributed by atoms with Crippen LogP contribution in [0.25, 0.3) is 11.3 Å². The van der Waals surface area contributed by atoms with Crippen molar-refractivity contribution in [3.05, 3.63) is 148 Å². The molecule has 1 atom stereocenters. The fourth-order valence-corrected chi connectivity index (χ4v) is 6.69. The Kier molecular flexibility index (Phi) is 8.42. The van der Waals surface area contributed by atoms with Crippen LogP contribution >= 0.6 is 35.5 Å². The van der Waals surface area contributed by atoms with Gasteiger partial charge in [-0.15, -0.1) is 35.5 Å². The number of thioether (sulfide) groups is 1. The van der Waals surface area contributed by atoms with Crippen LogP contribution in [0.5, 0.6) is 0 Å². The van der Waals surface area contributed by atoms with E-state index in [2.05, 4.69) is 109 Å². The number of thiazole rings is 1. The van der Waals surface area contributed by atoms with Crippen LogP contribution < -0.4 is 5.73 Å². The molecule has 1 heterocycles. The second-order valence-corrected chi connectivity index (χ2v) is 10.3. The summed E-state index contributed by atoms with van der Waals surface area (Å²) in [5.74, 6) is 0.737. The Morgan fingerprint density at radius 2 is 1.11 bits per heavy atom. The van der Waals surface area contributed by atoms with Gasteiger partial charge in [0.15, 0.2) is 0 Å². The molecule has 0 aliphatic carbocycles. The van der Waals surface area contributed by atoms with Crippen molar-refractivity contribution in [2.75, 3.05) is 5.75 Å². The second-order valence-electron chi connectivity index (χ2n) is 8.13. The Hall–Kier alpha value is -2.89. The largest absolute Gasteiger partial charge is 0.321 e. The highest BCUT2D eigenvalue weighted by Gasteiger charge is 2.37. The molecule has 0 saturated heterocycles. The maximum atomic E-state index is 6.75. The molecule has 4 aromatic carbocycles.